The van der Waals surface area contributed by atoms with Crippen LogP contribution in [0.1, 0.15) is 18.4 Å². The Balaban J connectivity index is 1.93. The van der Waals surface area contributed by atoms with Crippen molar-refractivity contribution in [2.75, 3.05) is 19.0 Å². The highest BCUT2D eigenvalue weighted by Gasteiger charge is 2.05. The van der Waals surface area contributed by atoms with Crippen molar-refractivity contribution < 1.29 is 4.74 Å². The molecule has 0 saturated carbocycles. The maximum atomic E-state index is 5.15. The molecule has 1 atom stereocenters. The van der Waals surface area contributed by atoms with E-state index in [0.717, 1.165) is 18.1 Å². The summed E-state index contributed by atoms with van der Waals surface area (Å²) in [7, 11) is 1.68. The molecule has 1 aromatic carbocycles. The average molecular weight is 242 g/mol. The zero-order valence-electron chi connectivity index (χ0n) is 10.8. The second-order valence-corrected chi connectivity index (χ2v) is 4.27. The van der Waals surface area contributed by atoms with Gasteiger partial charge in [-0.05, 0) is 35.7 Å². The number of hydrogen-bond donors (Lipinski definition) is 1. The zero-order chi connectivity index (χ0) is 12.8. The van der Waals surface area contributed by atoms with Crippen LogP contribution >= 0.6 is 0 Å². The number of nitrogens with one attached hydrogen (secondary N) is 1. The van der Waals surface area contributed by atoms with Crippen molar-refractivity contribution >= 4 is 5.82 Å². The first-order valence-corrected chi connectivity index (χ1v) is 6.08. The SMILES string of the molecule is COc1ccc(C(C)CNc2ccccn2)cc1. The van der Waals surface area contributed by atoms with Crippen molar-refractivity contribution in [3.8, 4) is 5.75 Å². The second kappa shape index (κ2) is 6.05. The highest BCUT2D eigenvalue weighted by molar-refractivity contribution is 5.35. The van der Waals surface area contributed by atoms with Gasteiger partial charge >= 0.3 is 0 Å². The van der Waals surface area contributed by atoms with Gasteiger partial charge in [0.2, 0.25) is 0 Å². The number of nitrogens with zero attached hydrogens (tertiary/aromatic N) is 1. The van der Waals surface area contributed by atoms with Gasteiger partial charge in [-0.25, -0.2) is 4.98 Å². The van der Waals surface area contributed by atoms with E-state index in [0.29, 0.717) is 5.92 Å². The van der Waals surface area contributed by atoms with Crippen molar-refractivity contribution in [3.05, 3.63) is 54.2 Å². The van der Waals surface area contributed by atoms with Gasteiger partial charge in [0.25, 0.3) is 0 Å². The lowest BCUT2D eigenvalue weighted by atomic mass is 10.0. The van der Waals surface area contributed by atoms with Gasteiger partial charge in [0.15, 0.2) is 0 Å². The maximum Gasteiger partial charge on any atom is 0.125 e. The van der Waals surface area contributed by atoms with Crippen LogP contribution in [0.5, 0.6) is 5.75 Å². The average Bonchev–Trinajstić information content (AvgIpc) is 2.46. The van der Waals surface area contributed by atoms with Crippen LogP contribution < -0.4 is 10.1 Å². The van der Waals surface area contributed by atoms with Crippen molar-refractivity contribution in [2.24, 2.45) is 0 Å². The smallest absolute Gasteiger partial charge is 0.125 e. The molecule has 0 spiro atoms. The summed E-state index contributed by atoms with van der Waals surface area (Å²) < 4.78 is 5.15. The summed E-state index contributed by atoms with van der Waals surface area (Å²) in [6, 6.07) is 14.1. The van der Waals surface area contributed by atoms with Crippen molar-refractivity contribution in [1.29, 1.82) is 0 Å². The maximum absolute atomic E-state index is 5.15. The normalized spacial score (nSPS) is 11.9. The summed E-state index contributed by atoms with van der Waals surface area (Å²) in [5, 5.41) is 3.33. The fourth-order valence-electron chi connectivity index (χ4n) is 1.78. The summed E-state index contributed by atoms with van der Waals surface area (Å²) in [6.45, 7) is 3.06. The molecular formula is C15H18N2O. The number of rotatable bonds is 5. The molecule has 1 aromatic heterocycles. The minimum atomic E-state index is 0.429. The second-order valence-electron chi connectivity index (χ2n) is 4.27. The van der Waals surface area contributed by atoms with Crippen LogP contribution in [0.4, 0.5) is 5.82 Å². The Morgan fingerprint density at radius 3 is 2.56 bits per heavy atom. The van der Waals surface area contributed by atoms with E-state index in [1.54, 1.807) is 13.3 Å². The van der Waals surface area contributed by atoms with Gasteiger partial charge in [-0.2, -0.15) is 0 Å². The van der Waals surface area contributed by atoms with Crippen LogP contribution in [-0.4, -0.2) is 18.6 Å². The number of hydrogen-bond acceptors (Lipinski definition) is 3. The lowest BCUT2D eigenvalue weighted by molar-refractivity contribution is 0.414. The van der Waals surface area contributed by atoms with E-state index in [2.05, 4.69) is 29.4 Å². The van der Waals surface area contributed by atoms with Crippen LogP contribution in [0, 0.1) is 0 Å². The van der Waals surface area contributed by atoms with Gasteiger partial charge < -0.3 is 10.1 Å². The first-order valence-electron chi connectivity index (χ1n) is 6.08. The highest BCUT2D eigenvalue weighted by Crippen LogP contribution is 2.19. The third-order valence-electron chi connectivity index (χ3n) is 2.94. The zero-order valence-corrected chi connectivity index (χ0v) is 10.8. The lowest BCUT2D eigenvalue weighted by Gasteiger charge is -2.13. The van der Waals surface area contributed by atoms with Gasteiger partial charge in [0.1, 0.15) is 11.6 Å². The minimum Gasteiger partial charge on any atom is -0.497 e. The van der Waals surface area contributed by atoms with Gasteiger partial charge in [0, 0.05) is 12.7 Å². The van der Waals surface area contributed by atoms with Crippen molar-refractivity contribution in [1.82, 2.24) is 4.98 Å². The van der Waals surface area contributed by atoms with E-state index in [4.69, 9.17) is 4.74 Å². The molecule has 0 bridgehead atoms. The number of aromatic nitrogens is 1. The summed E-state index contributed by atoms with van der Waals surface area (Å²) in [5.74, 6) is 2.24. The lowest BCUT2D eigenvalue weighted by Crippen LogP contribution is -2.10. The van der Waals surface area contributed by atoms with Crippen LogP contribution in [0.2, 0.25) is 0 Å². The molecule has 0 amide bonds. The molecule has 1 heterocycles. The number of benzene rings is 1. The van der Waals surface area contributed by atoms with Crippen LogP contribution in [-0.2, 0) is 0 Å². The Bertz CT molecular complexity index is 468. The molecule has 94 valence electrons. The van der Waals surface area contributed by atoms with Gasteiger partial charge in [-0.1, -0.05) is 25.1 Å². The van der Waals surface area contributed by atoms with Crippen molar-refractivity contribution in [3.63, 3.8) is 0 Å². The minimum absolute atomic E-state index is 0.429. The molecule has 0 radical (unpaired) electrons. The number of ether oxygens (including phenoxy) is 1. The third-order valence-corrected chi connectivity index (χ3v) is 2.94. The fourth-order valence-corrected chi connectivity index (χ4v) is 1.78. The molecule has 0 aliphatic carbocycles. The summed E-state index contributed by atoms with van der Waals surface area (Å²) >= 11 is 0. The molecule has 1 N–H and O–H groups in total. The molecule has 3 heteroatoms. The van der Waals surface area contributed by atoms with Crippen molar-refractivity contribution in [2.45, 2.75) is 12.8 Å². The Morgan fingerprint density at radius 1 is 1.17 bits per heavy atom. The quantitative estimate of drug-likeness (QED) is 0.873. The molecule has 3 nitrogen and oxygen atoms in total. The predicted molar refractivity (Wildman–Crippen MR) is 74.1 cm³/mol. The third kappa shape index (κ3) is 3.23. The molecule has 0 aliphatic heterocycles. The topological polar surface area (TPSA) is 34.1 Å². The molecule has 1 unspecified atom stereocenters. The molecule has 18 heavy (non-hydrogen) atoms. The van der Waals surface area contributed by atoms with Crippen LogP contribution in [0.3, 0.4) is 0 Å². The molecule has 0 aliphatic rings. The van der Waals surface area contributed by atoms with E-state index < -0.39 is 0 Å². The Labute approximate surface area is 108 Å². The summed E-state index contributed by atoms with van der Waals surface area (Å²) in [5.41, 5.74) is 1.29. The van der Waals surface area contributed by atoms with E-state index in [9.17, 15) is 0 Å². The van der Waals surface area contributed by atoms with Gasteiger partial charge in [0.05, 0.1) is 7.11 Å². The van der Waals surface area contributed by atoms with E-state index >= 15 is 0 Å². The largest absolute Gasteiger partial charge is 0.497 e. The van der Waals surface area contributed by atoms with E-state index in [1.807, 2.05) is 30.3 Å². The summed E-state index contributed by atoms with van der Waals surface area (Å²) in [4.78, 5) is 4.24. The standard InChI is InChI=1S/C15H18N2O/c1-12(11-17-15-5-3-4-10-16-15)13-6-8-14(18-2)9-7-13/h3-10,12H,11H2,1-2H3,(H,16,17). The Kier molecular flexibility index (Phi) is 4.18. The van der Waals surface area contributed by atoms with Gasteiger partial charge in [-0.3, -0.25) is 0 Å². The predicted octanol–water partition coefficient (Wildman–Crippen LogP) is 3.31. The van der Waals surface area contributed by atoms with E-state index in [1.165, 1.54) is 5.56 Å². The molecular weight excluding hydrogens is 224 g/mol. The highest BCUT2D eigenvalue weighted by atomic mass is 16.5. The number of methoxy groups -OCH3 is 1. The first-order chi connectivity index (χ1) is 8.79. The molecule has 0 saturated heterocycles. The monoisotopic (exact) mass is 242 g/mol. The number of pyridine rings is 1. The molecule has 0 fully saturated rings. The molecule has 2 rings (SSSR count). The van der Waals surface area contributed by atoms with Crippen LogP contribution in [0.25, 0.3) is 0 Å². The fraction of sp³-hybridized carbons (Fsp3) is 0.267. The van der Waals surface area contributed by atoms with Gasteiger partial charge in [-0.15, -0.1) is 0 Å². The summed E-state index contributed by atoms with van der Waals surface area (Å²) in [6.07, 6.45) is 1.79. The first kappa shape index (κ1) is 12.4. The van der Waals surface area contributed by atoms with E-state index in [-0.39, 0.29) is 0 Å². The molecule has 2 aromatic rings. The number of anilines is 1. The Hall–Kier alpha value is -2.03. The Morgan fingerprint density at radius 2 is 1.94 bits per heavy atom. The van der Waals surface area contributed by atoms with Crippen LogP contribution in [0.15, 0.2) is 48.7 Å².